The first kappa shape index (κ1) is 23.6. The van der Waals surface area contributed by atoms with Crippen molar-refractivity contribution in [1.29, 1.82) is 0 Å². The van der Waals surface area contributed by atoms with E-state index in [0.717, 1.165) is 11.1 Å². The summed E-state index contributed by atoms with van der Waals surface area (Å²) in [5.41, 5.74) is 2.69. The maximum absolute atomic E-state index is 13.5. The summed E-state index contributed by atoms with van der Waals surface area (Å²) in [5, 5.41) is 19.7. The second kappa shape index (κ2) is 9.59. The minimum atomic E-state index is -3.75. The lowest BCUT2D eigenvalue weighted by molar-refractivity contribution is -0.0155. The summed E-state index contributed by atoms with van der Waals surface area (Å²) in [6.45, 7) is 8.28. The second-order valence-electron chi connectivity index (χ2n) is 8.95. The van der Waals surface area contributed by atoms with Crippen molar-refractivity contribution < 1.29 is 23.4 Å². The number of nitrogens with zero attached hydrogens (tertiary/aromatic N) is 1. The molecular formula is C24H33NO5S. The van der Waals surface area contributed by atoms with Gasteiger partial charge in [-0.2, -0.15) is 0 Å². The van der Waals surface area contributed by atoms with Gasteiger partial charge in [0.25, 0.3) is 10.0 Å². The van der Waals surface area contributed by atoms with Crippen LogP contribution in [0.2, 0.25) is 0 Å². The summed E-state index contributed by atoms with van der Waals surface area (Å²) in [6.07, 6.45) is -0.209. The number of rotatable bonds is 7. The number of anilines is 1. The molecule has 1 saturated carbocycles. The zero-order chi connectivity index (χ0) is 22.8. The number of hydrogen-bond donors (Lipinski definition) is 2. The third kappa shape index (κ3) is 5.79. The molecule has 0 heterocycles. The fourth-order valence-corrected chi connectivity index (χ4v) is 5.75. The highest BCUT2D eigenvalue weighted by Crippen LogP contribution is 2.30. The average molecular weight is 448 g/mol. The third-order valence-electron chi connectivity index (χ3n) is 5.48. The molecule has 0 bridgehead atoms. The van der Waals surface area contributed by atoms with Crippen LogP contribution in [-0.2, 0) is 10.0 Å². The smallest absolute Gasteiger partial charge is 0.264 e. The Hall–Kier alpha value is -2.09. The normalized spacial score (nSPS) is 21.8. The summed E-state index contributed by atoms with van der Waals surface area (Å²) in [7, 11) is -3.75. The number of aryl methyl sites for hydroxylation is 2. The van der Waals surface area contributed by atoms with Crippen LogP contribution in [0.5, 0.6) is 5.75 Å². The van der Waals surface area contributed by atoms with Crippen LogP contribution >= 0.6 is 0 Å². The van der Waals surface area contributed by atoms with Crippen LogP contribution < -0.4 is 9.04 Å². The van der Waals surface area contributed by atoms with E-state index in [0.29, 0.717) is 37.2 Å². The molecule has 31 heavy (non-hydrogen) atoms. The summed E-state index contributed by atoms with van der Waals surface area (Å²) < 4.78 is 34.4. The van der Waals surface area contributed by atoms with Crippen molar-refractivity contribution in [2.24, 2.45) is 5.92 Å². The van der Waals surface area contributed by atoms with Crippen LogP contribution in [0.25, 0.3) is 0 Å². The fourth-order valence-electron chi connectivity index (χ4n) is 4.06. The minimum Gasteiger partial charge on any atom is -0.490 e. The van der Waals surface area contributed by atoms with Gasteiger partial charge in [-0.1, -0.05) is 31.5 Å². The Kier molecular flexibility index (Phi) is 7.29. The van der Waals surface area contributed by atoms with Crippen LogP contribution in [0.1, 0.15) is 44.2 Å². The molecule has 1 aliphatic rings. The topological polar surface area (TPSA) is 87.1 Å². The monoisotopic (exact) mass is 447 g/mol. The Morgan fingerprint density at radius 1 is 1.00 bits per heavy atom. The molecule has 3 rings (SSSR count). The molecular weight excluding hydrogens is 414 g/mol. The van der Waals surface area contributed by atoms with Crippen LogP contribution in [0.3, 0.4) is 0 Å². The molecule has 0 saturated heterocycles. The highest BCUT2D eigenvalue weighted by atomic mass is 32.2. The molecule has 0 amide bonds. The van der Waals surface area contributed by atoms with Gasteiger partial charge in [-0.15, -0.1) is 0 Å². The zero-order valence-electron chi connectivity index (χ0n) is 18.7. The van der Waals surface area contributed by atoms with Crippen molar-refractivity contribution in [1.82, 2.24) is 0 Å². The Balaban J connectivity index is 1.84. The number of hydrogen-bond acceptors (Lipinski definition) is 5. The minimum absolute atomic E-state index is 0.155. The van der Waals surface area contributed by atoms with Crippen LogP contribution in [-0.4, -0.2) is 43.5 Å². The lowest BCUT2D eigenvalue weighted by atomic mass is 9.92. The van der Waals surface area contributed by atoms with Crippen LogP contribution in [0.15, 0.2) is 47.4 Å². The lowest BCUT2D eigenvalue weighted by Crippen LogP contribution is -2.36. The van der Waals surface area contributed by atoms with Crippen molar-refractivity contribution in [3.8, 4) is 5.75 Å². The zero-order valence-corrected chi connectivity index (χ0v) is 19.5. The molecule has 2 atom stereocenters. The molecule has 170 valence electrons. The predicted octanol–water partition coefficient (Wildman–Crippen LogP) is 3.81. The van der Waals surface area contributed by atoms with Gasteiger partial charge in [0.05, 0.1) is 22.8 Å². The molecule has 2 aromatic rings. The van der Waals surface area contributed by atoms with Crippen molar-refractivity contribution >= 4 is 15.7 Å². The number of ether oxygens (including phenoxy) is 1. The molecule has 1 aliphatic carbocycles. The van der Waals surface area contributed by atoms with Crippen molar-refractivity contribution in [3.63, 3.8) is 0 Å². The molecule has 2 aromatic carbocycles. The largest absolute Gasteiger partial charge is 0.490 e. The highest BCUT2D eigenvalue weighted by molar-refractivity contribution is 7.92. The summed E-state index contributed by atoms with van der Waals surface area (Å²) >= 11 is 0. The molecule has 7 heteroatoms. The lowest BCUT2D eigenvalue weighted by Gasteiger charge is -2.30. The van der Waals surface area contributed by atoms with E-state index in [2.05, 4.69) is 0 Å². The second-order valence-corrected chi connectivity index (χ2v) is 10.8. The van der Waals surface area contributed by atoms with Gasteiger partial charge >= 0.3 is 0 Å². The Bertz CT molecular complexity index is 978. The number of aliphatic hydroxyl groups is 2. The molecule has 0 spiro atoms. The molecule has 2 N–H and O–H groups in total. The van der Waals surface area contributed by atoms with Gasteiger partial charge in [-0.3, -0.25) is 4.31 Å². The SMILES string of the molecule is Cc1ccc(N(CC(C)C)S(=O)(=O)c2ccc(OC3CC(O)CC(O)C3)cc2)c(C)c1. The van der Waals surface area contributed by atoms with E-state index >= 15 is 0 Å². The maximum atomic E-state index is 13.5. The number of sulfonamides is 1. The van der Waals surface area contributed by atoms with Crippen LogP contribution in [0, 0.1) is 19.8 Å². The van der Waals surface area contributed by atoms with Crippen molar-refractivity contribution in [2.75, 3.05) is 10.8 Å². The van der Waals surface area contributed by atoms with E-state index in [1.807, 2.05) is 45.9 Å². The highest BCUT2D eigenvalue weighted by Gasteiger charge is 2.29. The molecule has 6 nitrogen and oxygen atoms in total. The number of benzene rings is 2. The molecule has 2 unspecified atom stereocenters. The molecule has 0 aromatic heterocycles. The van der Waals surface area contributed by atoms with E-state index < -0.39 is 22.2 Å². The van der Waals surface area contributed by atoms with Gasteiger partial charge in [-0.05, 0) is 62.1 Å². The molecule has 1 fully saturated rings. The first-order valence-electron chi connectivity index (χ1n) is 10.8. The molecule has 0 aliphatic heterocycles. The van der Waals surface area contributed by atoms with Crippen molar-refractivity contribution in [3.05, 3.63) is 53.6 Å². The number of aliphatic hydroxyl groups excluding tert-OH is 2. The summed E-state index contributed by atoms with van der Waals surface area (Å²) in [5.74, 6) is 0.675. The fraction of sp³-hybridized carbons (Fsp3) is 0.500. The first-order valence-corrected chi connectivity index (χ1v) is 12.2. The van der Waals surface area contributed by atoms with E-state index in [1.165, 1.54) is 4.31 Å². The van der Waals surface area contributed by atoms with E-state index in [9.17, 15) is 18.6 Å². The van der Waals surface area contributed by atoms with E-state index in [1.54, 1.807) is 24.3 Å². The standard InChI is InChI=1S/C24H33NO5S/c1-16(2)15-25(24-10-5-17(3)11-18(24)4)31(28,29)23-8-6-21(7-9-23)30-22-13-19(26)12-20(27)14-22/h5-11,16,19-20,22,26-27H,12-15H2,1-4H3. The van der Waals surface area contributed by atoms with Gasteiger partial charge in [0.2, 0.25) is 0 Å². The van der Waals surface area contributed by atoms with Gasteiger partial charge in [0.1, 0.15) is 11.9 Å². The predicted molar refractivity (Wildman–Crippen MR) is 122 cm³/mol. The first-order chi connectivity index (χ1) is 14.6. The summed E-state index contributed by atoms with van der Waals surface area (Å²) in [4.78, 5) is 0.198. The maximum Gasteiger partial charge on any atom is 0.264 e. The van der Waals surface area contributed by atoms with E-state index in [4.69, 9.17) is 4.74 Å². The third-order valence-corrected chi connectivity index (χ3v) is 7.27. The van der Waals surface area contributed by atoms with Crippen LogP contribution in [0.4, 0.5) is 5.69 Å². The summed E-state index contributed by atoms with van der Waals surface area (Å²) in [6, 6.07) is 12.2. The Morgan fingerprint density at radius 3 is 2.16 bits per heavy atom. The van der Waals surface area contributed by atoms with E-state index in [-0.39, 0.29) is 16.9 Å². The van der Waals surface area contributed by atoms with Gasteiger partial charge < -0.3 is 14.9 Å². The van der Waals surface area contributed by atoms with Gasteiger partial charge in [0.15, 0.2) is 0 Å². The Labute approximate surface area is 185 Å². The van der Waals surface area contributed by atoms with Crippen molar-refractivity contribution in [2.45, 2.75) is 70.2 Å². The Morgan fingerprint density at radius 2 is 1.61 bits per heavy atom. The van der Waals surface area contributed by atoms with Gasteiger partial charge in [0, 0.05) is 19.4 Å². The quantitative estimate of drug-likeness (QED) is 0.674. The van der Waals surface area contributed by atoms with Gasteiger partial charge in [-0.25, -0.2) is 8.42 Å². The average Bonchev–Trinajstić information content (AvgIpc) is 2.66. The molecule has 0 radical (unpaired) electrons.